The Labute approximate surface area is 280 Å². The molecule has 4 rings (SSSR count). The quantitative estimate of drug-likeness (QED) is 0.256. The van der Waals surface area contributed by atoms with E-state index in [-0.39, 0.29) is 13.2 Å². The summed E-state index contributed by atoms with van der Waals surface area (Å²) >= 11 is 0. The molecular formula is C38H59FN2O6. The Morgan fingerprint density at radius 1 is 0.830 bits per heavy atom. The Morgan fingerprint density at radius 2 is 1.36 bits per heavy atom. The fraction of sp³-hybridized carbons (Fsp3) is 0.737. The number of halogens is 1. The average molecular weight is 659 g/mol. The smallest absolute Gasteiger partial charge is 0.333 e. The van der Waals surface area contributed by atoms with Crippen LogP contribution >= 0.6 is 0 Å². The van der Waals surface area contributed by atoms with Crippen LogP contribution in [0.15, 0.2) is 50.7 Å². The van der Waals surface area contributed by atoms with Gasteiger partial charge >= 0.3 is 5.69 Å². The van der Waals surface area contributed by atoms with Gasteiger partial charge in [-0.15, -0.1) is 0 Å². The molecule has 0 radical (unpaired) electrons. The molecule has 9 heteroatoms. The molecule has 0 amide bonds. The zero-order valence-corrected chi connectivity index (χ0v) is 29.3. The van der Waals surface area contributed by atoms with Crippen LogP contribution in [0.25, 0.3) is 0 Å². The molecule has 2 saturated heterocycles. The Kier molecular flexibility index (Phi) is 14.7. The molecule has 2 aliphatic heterocycles. The summed E-state index contributed by atoms with van der Waals surface area (Å²) in [6.07, 6.45) is 22.1. The highest BCUT2D eigenvalue weighted by Crippen LogP contribution is 2.47. The van der Waals surface area contributed by atoms with Gasteiger partial charge in [0.15, 0.2) is 12.0 Å². The van der Waals surface area contributed by atoms with Crippen molar-refractivity contribution in [1.29, 1.82) is 0 Å². The predicted molar refractivity (Wildman–Crippen MR) is 184 cm³/mol. The Hall–Kier alpha value is -2.33. The van der Waals surface area contributed by atoms with Crippen molar-refractivity contribution in [3.63, 3.8) is 0 Å². The Balaban J connectivity index is 1.49. The topological polar surface area (TPSA) is 91.9 Å². The number of aliphatic hydroxyl groups excluding tert-OH is 1. The second-order valence-electron chi connectivity index (χ2n) is 14.3. The molecule has 0 bridgehead atoms. The van der Waals surface area contributed by atoms with Crippen LogP contribution < -0.4 is 11.2 Å². The van der Waals surface area contributed by atoms with Crippen molar-refractivity contribution in [1.82, 2.24) is 9.13 Å². The lowest BCUT2D eigenvalue weighted by Crippen LogP contribution is -2.44. The first-order chi connectivity index (χ1) is 22.6. The van der Waals surface area contributed by atoms with Gasteiger partial charge < -0.3 is 19.3 Å². The maximum absolute atomic E-state index is 15.1. The molecule has 1 N–H and O–H groups in total. The fourth-order valence-corrected chi connectivity index (χ4v) is 7.13. The largest absolute Gasteiger partial charge is 0.394 e. The van der Waals surface area contributed by atoms with Gasteiger partial charge in [-0.2, -0.15) is 4.39 Å². The summed E-state index contributed by atoms with van der Waals surface area (Å²) in [5.74, 6) is -1.87. The summed E-state index contributed by atoms with van der Waals surface area (Å²) in [4.78, 5) is 26.6. The number of nitrogens with zero attached hydrogens (tertiary/aromatic N) is 2. The third-order valence-electron chi connectivity index (χ3n) is 9.96. The van der Waals surface area contributed by atoms with E-state index in [9.17, 15) is 14.7 Å². The zero-order valence-electron chi connectivity index (χ0n) is 29.3. The Morgan fingerprint density at radius 3 is 1.94 bits per heavy atom. The fourth-order valence-electron chi connectivity index (χ4n) is 7.13. The lowest BCUT2D eigenvalue weighted by molar-refractivity contribution is -0.228. The molecule has 8 nitrogen and oxygen atoms in total. The van der Waals surface area contributed by atoms with Crippen molar-refractivity contribution in [3.8, 4) is 0 Å². The monoisotopic (exact) mass is 658 g/mol. The minimum absolute atomic E-state index is 0.0456. The van der Waals surface area contributed by atoms with E-state index in [1.54, 1.807) is 0 Å². The van der Waals surface area contributed by atoms with Gasteiger partial charge in [0.05, 0.1) is 12.8 Å². The van der Waals surface area contributed by atoms with Crippen molar-refractivity contribution in [2.24, 2.45) is 0 Å². The molecule has 3 aliphatic rings. The zero-order chi connectivity index (χ0) is 33.8. The van der Waals surface area contributed by atoms with E-state index in [0.717, 1.165) is 85.1 Å². The molecule has 47 heavy (non-hydrogen) atoms. The van der Waals surface area contributed by atoms with Crippen molar-refractivity contribution < 1.29 is 23.7 Å². The maximum Gasteiger partial charge on any atom is 0.333 e. The summed E-state index contributed by atoms with van der Waals surface area (Å²) in [6, 6.07) is 0. The predicted octanol–water partition coefficient (Wildman–Crippen LogP) is 8.02. The first-order valence-electron chi connectivity index (χ1n) is 18.2. The summed E-state index contributed by atoms with van der Waals surface area (Å²) < 4.78 is 36.6. The minimum Gasteiger partial charge on any atom is -0.394 e. The molecule has 1 aliphatic carbocycles. The van der Waals surface area contributed by atoms with E-state index in [2.05, 4.69) is 32.9 Å². The second kappa shape index (κ2) is 18.4. The minimum atomic E-state index is -1.04. The standard InChI is InChI=1S/C38H59FN2O6/c1-28(2)18-16-19-29(3)20-17-21-30(4)22-25-40-35(43)31(39)26-41(37(40)44)36-34-33(32(27-42)45-36)46-38(47-34)23-14-12-10-8-6-5-7-9-11-13-15-24-38/h18,20,22,26,32-34,36,42H,5-17,19,21,23-25,27H2,1-4H3/b29-20+,30-22+/t32-,33?,34?,36-/m1/s1. The van der Waals surface area contributed by atoms with Gasteiger partial charge in [0.25, 0.3) is 5.56 Å². The summed E-state index contributed by atoms with van der Waals surface area (Å²) in [5.41, 5.74) is 2.03. The van der Waals surface area contributed by atoms with Gasteiger partial charge in [-0.05, 0) is 66.2 Å². The number of allylic oxidation sites excluding steroid dienone is 6. The molecule has 3 fully saturated rings. The van der Waals surface area contributed by atoms with E-state index in [0.29, 0.717) is 0 Å². The summed E-state index contributed by atoms with van der Waals surface area (Å²) in [6.45, 7) is 7.93. The third-order valence-corrected chi connectivity index (χ3v) is 9.96. The highest BCUT2D eigenvalue weighted by molar-refractivity contribution is 5.07. The van der Waals surface area contributed by atoms with Gasteiger partial charge in [0.1, 0.15) is 18.3 Å². The second-order valence-corrected chi connectivity index (χ2v) is 14.3. The lowest BCUT2D eigenvalue weighted by Gasteiger charge is -2.32. The molecule has 1 spiro atoms. The van der Waals surface area contributed by atoms with Gasteiger partial charge in [-0.1, -0.05) is 92.7 Å². The third kappa shape index (κ3) is 10.6. The molecular weight excluding hydrogens is 599 g/mol. The van der Waals surface area contributed by atoms with Crippen LogP contribution in [0.1, 0.15) is 143 Å². The van der Waals surface area contributed by atoms with Crippen molar-refractivity contribution >= 4 is 0 Å². The van der Waals surface area contributed by atoms with Gasteiger partial charge in [0, 0.05) is 19.4 Å². The van der Waals surface area contributed by atoms with Crippen molar-refractivity contribution in [2.45, 2.75) is 174 Å². The lowest BCUT2D eigenvalue weighted by atomic mass is 9.97. The number of aliphatic hydroxyl groups is 1. The van der Waals surface area contributed by atoms with Crippen LogP contribution in [0, 0.1) is 5.82 Å². The van der Waals surface area contributed by atoms with Crippen molar-refractivity contribution in [3.05, 3.63) is 67.8 Å². The average Bonchev–Trinajstić information content (AvgIpc) is 3.56. The number of ether oxygens (including phenoxy) is 3. The van der Waals surface area contributed by atoms with Crippen LogP contribution in [0.3, 0.4) is 0 Å². The molecule has 1 saturated carbocycles. The molecule has 0 aromatic carbocycles. The van der Waals surface area contributed by atoms with Gasteiger partial charge in [-0.3, -0.25) is 13.9 Å². The number of hydrogen-bond donors (Lipinski definition) is 1. The van der Waals surface area contributed by atoms with E-state index >= 15 is 4.39 Å². The van der Waals surface area contributed by atoms with E-state index in [4.69, 9.17) is 14.2 Å². The highest BCUT2D eigenvalue weighted by Gasteiger charge is 2.58. The van der Waals surface area contributed by atoms with Crippen LogP contribution in [0.4, 0.5) is 4.39 Å². The van der Waals surface area contributed by atoms with E-state index in [1.165, 1.54) is 56.1 Å². The molecule has 1 aromatic rings. The maximum atomic E-state index is 15.1. The number of rotatable bonds is 10. The number of fused-ring (bicyclic) bond motifs is 1. The van der Waals surface area contributed by atoms with Gasteiger partial charge in [-0.25, -0.2) is 4.79 Å². The summed E-state index contributed by atoms with van der Waals surface area (Å²) in [7, 11) is 0. The van der Waals surface area contributed by atoms with E-state index < -0.39 is 47.4 Å². The molecule has 264 valence electrons. The highest BCUT2D eigenvalue weighted by atomic mass is 19.1. The van der Waals surface area contributed by atoms with Gasteiger partial charge in [0.2, 0.25) is 5.82 Å². The molecule has 1 aromatic heterocycles. The van der Waals surface area contributed by atoms with Crippen LogP contribution in [-0.4, -0.2) is 44.9 Å². The van der Waals surface area contributed by atoms with E-state index in [1.807, 2.05) is 13.0 Å². The molecule has 3 heterocycles. The number of aromatic nitrogens is 2. The molecule has 4 atom stereocenters. The first kappa shape index (κ1) is 37.5. The Bertz CT molecular complexity index is 1340. The van der Waals surface area contributed by atoms with Crippen molar-refractivity contribution in [2.75, 3.05) is 6.61 Å². The normalized spacial score (nSPS) is 26.3. The number of hydrogen-bond acceptors (Lipinski definition) is 6. The molecule has 2 unspecified atom stereocenters. The van der Waals surface area contributed by atoms with Crippen LogP contribution in [-0.2, 0) is 20.8 Å². The first-order valence-corrected chi connectivity index (χ1v) is 18.2. The summed E-state index contributed by atoms with van der Waals surface area (Å²) in [5, 5.41) is 10.2. The van der Waals surface area contributed by atoms with Crippen LogP contribution in [0.5, 0.6) is 0 Å². The van der Waals surface area contributed by atoms with Crippen LogP contribution in [0.2, 0.25) is 0 Å². The SMILES string of the molecule is CC(C)=CCC/C(C)=C/CC/C(C)=C/Cn1c(=O)c(F)cn([C@@H]2O[C@H](CO)C3OC4(CCCCCCCCCCCCC4)OC32)c1=O.